The van der Waals surface area contributed by atoms with E-state index >= 15 is 0 Å². The third-order valence-electron chi connectivity index (χ3n) is 6.07. The van der Waals surface area contributed by atoms with E-state index in [9.17, 15) is 0 Å². The Labute approximate surface area is 206 Å². The van der Waals surface area contributed by atoms with Gasteiger partial charge in [0.25, 0.3) is 0 Å². The van der Waals surface area contributed by atoms with Gasteiger partial charge < -0.3 is 9.97 Å². The molecule has 0 fully saturated rings. The van der Waals surface area contributed by atoms with E-state index in [4.69, 9.17) is 0 Å². The molecule has 4 aromatic heterocycles. The first-order chi connectivity index (χ1) is 17.8. The molecule has 0 aliphatic carbocycles. The van der Waals surface area contributed by atoms with E-state index in [0.717, 1.165) is 67.1 Å². The van der Waals surface area contributed by atoms with E-state index in [1.165, 1.54) is 0 Å². The molecule has 0 aliphatic rings. The molecule has 36 heavy (non-hydrogen) atoms. The second kappa shape index (κ2) is 8.99. The third kappa shape index (κ3) is 3.84. The number of benzene rings is 3. The number of aromatic amines is 4. The van der Waals surface area contributed by atoms with Crippen molar-refractivity contribution in [2.45, 2.75) is 13.8 Å². The van der Waals surface area contributed by atoms with Gasteiger partial charge in [0.05, 0.1) is 57.5 Å². The van der Waals surface area contributed by atoms with E-state index in [1.807, 2.05) is 44.2 Å². The van der Waals surface area contributed by atoms with E-state index in [-0.39, 0.29) is 0 Å². The van der Waals surface area contributed by atoms with Crippen LogP contribution in [0.3, 0.4) is 0 Å². The Hall–Kier alpha value is -4.98. The molecule has 0 bridgehead atoms. The number of imidazole rings is 2. The number of rotatable bonds is 4. The summed E-state index contributed by atoms with van der Waals surface area (Å²) in [7, 11) is 0. The highest BCUT2D eigenvalue weighted by Gasteiger charge is 2.11. The number of fused-ring (bicyclic) bond motifs is 2. The summed E-state index contributed by atoms with van der Waals surface area (Å²) in [5.41, 5.74) is 11.7. The number of H-pyrrole nitrogens is 4. The minimum absolute atomic E-state index is 0.877. The highest BCUT2D eigenvalue weighted by atomic mass is 15.1. The molecule has 0 atom stereocenters. The van der Waals surface area contributed by atoms with Crippen molar-refractivity contribution in [3.63, 3.8) is 0 Å². The third-order valence-corrected chi connectivity index (χ3v) is 6.07. The standard InChI is InChI=1S/C26H18N8.C2H6/c1-2-15(21-11-23(33-31-21)17-4-6-19-25(9-17)29-13-27-19)8-16(3-1)22-12-24(34-32-22)18-5-7-20-26(10-18)30-14-28-20;1-2/h1-14H,(H,27,29)(H,28,30)(H,31,33)(H,32,34);1-2H3. The maximum Gasteiger partial charge on any atom is 0.0931 e. The van der Waals surface area contributed by atoms with Gasteiger partial charge in [-0.1, -0.05) is 44.2 Å². The van der Waals surface area contributed by atoms with E-state index in [1.54, 1.807) is 12.7 Å². The summed E-state index contributed by atoms with van der Waals surface area (Å²) in [6, 6.07) is 24.6. The zero-order chi connectivity index (χ0) is 24.5. The van der Waals surface area contributed by atoms with Gasteiger partial charge in [-0.3, -0.25) is 10.2 Å². The number of nitrogens with zero attached hydrogens (tertiary/aromatic N) is 4. The molecule has 0 unspecified atom stereocenters. The second-order valence-corrected chi connectivity index (χ2v) is 8.18. The fraction of sp³-hybridized carbons (Fsp3) is 0.0714. The topological polar surface area (TPSA) is 115 Å². The fourth-order valence-corrected chi connectivity index (χ4v) is 4.28. The average Bonchev–Trinajstić information content (AvgIpc) is 3.75. The first-order valence-electron chi connectivity index (χ1n) is 11.9. The molecular weight excluding hydrogens is 448 g/mol. The van der Waals surface area contributed by atoms with Crippen LogP contribution in [0.2, 0.25) is 0 Å². The van der Waals surface area contributed by atoms with Crippen LogP contribution < -0.4 is 0 Å². The zero-order valence-corrected chi connectivity index (χ0v) is 19.9. The number of hydrogen-bond donors (Lipinski definition) is 4. The lowest BCUT2D eigenvalue weighted by molar-refractivity contribution is 1.10. The maximum atomic E-state index is 4.55. The quantitative estimate of drug-likeness (QED) is 0.232. The Balaban J connectivity index is 0.00000117. The van der Waals surface area contributed by atoms with Crippen molar-refractivity contribution in [3.05, 3.63) is 85.5 Å². The van der Waals surface area contributed by atoms with Gasteiger partial charge in [-0.05, 0) is 42.5 Å². The van der Waals surface area contributed by atoms with Crippen LogP contribution in [0.5, 0.6) is 0 Å². The Morgan fingerprint density at radius 3 is 1.53 bits per heavy atom. The van der Waals surface area contributed by atoms with Gasteiger partial charge in [-0.15, -0.1) is 0 Å². The molecule has 0 aliphatic heterocycles. The van der Waals surface area contributed by atoms with Crippen molar-refractivity contribution in [1.82, 2.24) is 40.3 Å². The van der Waals surface area contributed by atoms with Crippen LogP contribution in [0.15, 0.2) is 85.5 Å². The van der Waals surface area contributed by atoms with Crippen molar-refractivity contribution in [2.75, 3.05) is 0 Å². The molecular formula is C28H24N8. The van der Waals surface area contributed by atoms with Crippen LogP contribution in [-0.2, 0) is 0 Å². The van der Waals surface area contributed by atoms with Gasteiger partial charge in [0, 0.05) is 22.3 Å². The van der Waals surface area contributed by atoms with Crippen LogP contribution >= 0.6 is 0 Å². The highest BCUT2D eigenvalue weighted by Crippen LogP contribution is 2.30. The van der Waals surface area contributed by atoms with Gasteiger partial charge in [-0.25, -0.2) is 9.97 Å². The van der Waals surface area contributed by atoms with Crippen molar-refractivity contribution < 1.29 is 0 Å². The summed E-state index contributed by atoms with van der Waals surface area (Å²) in [6.07, 6.45) is 3.41. The Morgan fingerprint density at radius 2 is 1.03 bits per heavy atom. The Kier molecular flexibility index (Phi) is 5.38. The molecule has 3 aromatic carbocycles. The van der Waals surface area contributed by atoms with Crippen LogP contribution in [0, 0.1) is 0 Å². The summed E-state index contributed by atoms with van der Waals surface area (Å²) in [6.45, 7) is 4.00. The Bertz CT molecular complexity index is 1650. The molecule has 0 radical (unpaired) electrons. The van der Waals surface area contributed by atoms with E-state index < -0.39 is 0 Å². The number of nitrogens with one attached hydrogen (secondary N) is 4. The second-order valence-electron chi connectivity index (χ2n) is 8.18. The highest BCUT2D eigenvalue weighted by molar-refractivity contribution is 5.83. The lowest BCUT2D eigenvalue weighted by atomic mass is 10.0. The zero-order valence-electron chi connectivity index (χ0n) is 19.9. The largest absolute Gasteiger partial charge is 0.345 e. The van der Waals surface area contributed by atoms with E-state index in [2.05, 4.69) is 82.8 Å². The van der Waals surface area contributed by atoms with Crippen LogP contribution in [0.4, 0.5) is 0 Å². The molecule has 0 saturated carbocycles. The van der Waals surface area contributed by atoms with Gasteiger partial charge in [-0.2, -0.15) is 10.2 Å². The molecule has 7 rings (SSSR count). The summed E-state index contributed by atoms with van der Waals surface area (Å²) < 4.78 is 0. The minimum Gasteiger partial charge on any atom is -0.345 e. The smallest absolute Gasteiger partial charge is 0.0931 e. The lowest BCUT2D eigenvalue weighted by Gasteiger charge is -2.00. The summed E-state index contributed by atoms with van der Waals surface area (Å²) in [5, 5.41) is 15.4. The number of aromatic nitrogens is 8. The van der Waals surface area contributed by atoms with E-state index in [0.29, 0.717) is 0 Å². The van der Waals surface area contributed by atoms with Crippen LogP contribution in [-0.4, -0.2) is 40.3 Å². The molecule has 0 saturated heterocycles. The molecule has 0 spiro atoms. The first kappa shape index (κ1) is 21.5. The minimum atomic E-state index is 0.877. The van der Waals surface area contributed by atoms with Gasteiger partial charge in [0.15, 0.2) is 0 Å². The molecule has 7 aromatic rings. The van der Waals surface area contributed by atoms with Crippen LogP contribution in [0.25, 0.3) is 67.1 Å². The molecule has 8 nitrogen and oxygen atoms in total. The molecule has 0 amide bonds. The number of hydrogen-bond acceptors (Lipinski definition) is 4. The van der Waals surface area contributed by atoms with Crippen molar-refractivity contribution in [2.24, 2.45) is 0 Å². The van der Waals surface area contributed by atoms with Crippen LogP contribution in [0.1, 0.15) is 13.8 Å². The molecule has 8 heteroatoms. The lowest BCUT2D eigenvalue weighted by Crippen LogP contribution is -1.82. The SMILES string of the molecule is CC.c1cc(-c2cc(-c3ccc4nc[nH]c4c3)[nH]n2)cc(-c2cc(-c3ccc4nc[nH]c4c3)[nH]n2)c1. The maximum absolute atomic E-state index is 4.55. The van der Waals surface area contributed by atoms with Crippen molar-refractivity contribution in [3.8, 4) is 45.0 Å². The first-order valence-corrected chi connectivity index (χ1v) is 11.9. The normalized spacial score (nSPS) is 11.1. The molecule has 176 valence electrons. The predicted molar refractivity (Wildman–Crippen MR) is 143 cm³/mol. The van der Waals surface area contributed by atoms with Gasteiger partial charge >= 0.3 is 0 Å². The summed E-state index contributed by atoms with van der Waals surface area (Å²) >= 11 is 0. The van der Waals surface area contributed by atoms with Crippen molar-refractivity contribution >= 4 is 22.1 Å². The van der Waals surface area contributed by atoms with Gasteiger partial charge in [0.2, 0.25) is 0 Å². The Morgan fingerprint density at radius 1 is 0.528 bits per heavy atom. The fourth-order valence-electron chi connectivity index (χ4n) is 4.28. The predicted octanol–water partition coefficient (Wildman–Crippen LogP) is 6.58. The summed E-state index contributed by atoms with van der Waals surface area (Å²) in [5.74, 6) is 0. The van der Waals surface area contributed by atoms with Crippen molar-refractivity contribution in [1.29, 1.82) is 0 Å². The van der Waals surface area contributed by atoms with Gasteiger partial charge in [0.1, 0.15) is 0 Å². The average molecular weight is 473 g/mol. The monoisotopic (exact) mass is 472 g/mol. The summed E-state index contributed by atoms with van der Waals surface area (Å²) in [4.78, 5) is 14.9. The molecule has 4 N–H and O–H groups in total. The molecule has 4 heterocycles.